The monoisotopic (exact) mass is 627 g/mol. The van der Waals surface area contributed by atoms with Crippen LogP contribution in [0.4, 0.5) is 17.2 Å². The molecule has 45 heavy (non-hydrogen) atoms. The van der Waals surface area contributed by atoms with Crippen LogP contribution in [0, 0.1) is 6.92 Å². The van der Waals surface area contributed by atoms with E-state index in [-0.39, 0.29) is 47.8 Å². The van der Waals surface area contributed by atoms with Crippen molar-refractivity contribution in [1.82, 2.24) is 14.5 Å². The molecule has 0 saturated carbocycles. The fourth-order valence-electron chi connectivity index (χ4n) is 5.31. The third-order valence-electron chi connectivity index (χ3n) is 8.02. The first kappa shape index (κ1) is 31.6. The van der Waals surface area contributed by atoms with Gasteiger partial charge in [-0.25, -0.2) is 13.4 Å². The molecule has 0 radical (unpaired) electrons. The fraction of sp³-hybridized carbons (Fsp3) is 0.294. The van der Waals surface area contributed by atoms with Gasteiger partial charge in [-0.3, -0.25) is 14.4 Å². The molecule has 1 aliphatic rings. The number of carbonyl (C=O) groups excluding carboxylic acids is 2. The number of sulfone groups is 1. The van der Waals surface area contributed by atoms with Crippen molar-refractivity contribution in [1.29, 1.82) is 0 Å². The largest absolute Gasteiger partial charge is 0.337 e. The minimum atomic E-state index is -3.09. The second-order valence-corrected chi connectivity index (χ2v) is 13.5. The van der Waals surface area contributed by atoms with Gasteiger partial charge < -0.3 is 20.1 Å². The normalized spacial score (nSPS) is 14.2. The molecule has 234 valence electrons. The van der Waals surface area contributed by atoms with E-state index in [4.69, 9.17) is 0 Å². The molecule has 1 saturated heterocycles. The number of unbranched alkanes of at least 4 members (excludes halogenated alkanes) is 1. The summed E-state index contributed by atoms with van der Waals surface area (Å²) in [4.78, 5) is 45.4. The molecule has 2 heterocycles. The predicted molar refractivity (Wildman–Crippen MR) is 177 cm³/mol. The molecule has 0 unspecified atom stereocenters. The number of benzene rings is 3. The maximum atomic E-state index is 13.3. The van der Waals surface area contributed by atoms with Crippen LogP contribution >= 0.6 is 0 Å². The number of aromatic nitrogens is 2. The molecule has 2 N–H and O–H groups in total. The molecule has 0 spiro atoms. The third-order valence-corrected chi connectivity index (χ3v) is 9.63. The van der Waals surface area contributed by atoms with Gasteiger partial charge in [0.15, 0.2) is 15.7 Å². The molecule has 2 amide bonds. The van der Waals surface area contributed by atoms with Crippen molar-refractivity contribution in [2.75, 3.05) is 35.2 Å². The molecule has 5 rings (SSSR count). The number of hydrogen-bond donors (Lipinski definition) is 2. The Morgan fingerprint density at radius 1 is 0.956 bits per heavy atom. The molecule has 0 atom stereocenters. The van der Waals surface area contributed by atoms with E-state index >= 15 is 0 Å². The highest BCUT2D eigenvalue weighted by Crippen LogP contribution is 2.29. The van der Waals surface area contributed by atoms with E-state index in [0.717, 1.165) is 36.0 Å². The lowest BCUT2D eigenvalue weighted by molar-refractivity contribution is 0.0770. The molecule has 1 aromatic heterocycles. The van der Waals surface area contributed by atoms with Gasteiger partial charge in [0.05, 0.1) is 17.2 Å². The molecule has 1 aliphatic heterocycles. The van der Waals surface area contributed by atoms with E-state index in [0.29, 0.717) is 28.2 Å². The Labute approximate surface area is 263 Å². The van der Waals surface area contributed by atoms with Gasteiger partial charge in [-0.05, 0) is 67.3 Å². The van der Waals surface area contributed by atoms with Crippen molar-refractivity contribution in [3.8, 4) is 11.3 Å². The summed E-state index contributed by atoms with van der Waals surface area (Å²) in [5.74, 6) is -0.380. The number of nitrogens with zero attached hydrogens (tertiary/aromatic N) is 3. The van der Waals surface area contributed by atoms with Crippen LogP contribution in [0.15, 0.2) is 77.7 Å². The zero-order chi connectivity index (χ0) is 32.1. The van der Waals surface area contributed by atoms with Crippen molar-refractivity contribution in [2.45, 2.75) is 33.1 Å². The minimum absolute atomic E-state index is 0.0363. The molecule has 11 heteroatoms. The number of anilines is 3. The summed E-state index contributed by atoms with van der Waals surface area (Å²) >= 11 is 0. The molecule has 1 fully saturated rings. The zero-order valence-corrected chi connectivity index (χ0v) is 26.5. The van der Waals surface area contributed by atoms with Crippen molar-refractivity contribution >= 4 is 38.8 Å². The van der Waals surface area contributed by atoms with Crippen LogP contribution in [0.3, 0.4) is 0 Å². The minimum Gasteiger partial charge on any atom is -0.337 e. The Morgan fingerprint density at radius 2 is 1.67 bits per heavy atom. The highest BCUT2D eigenvalue weighted by Gasteiger charge is 2.25. The average Bonchev–Trinajstić information content (AvgIpc) is 3.03. The summed E-state index contributed by atoms with van der Waals surface area (Å²) in [5, 5.41) is 6.14. The predicted octanol–water partition coefficient (Wildman–Crippen LogP) is 4.96. The van der Waals surface area contributed by atoms with Crippen LogP contribution in [-0.2, 0) is 23.3 Å². The maximum Gasteiger partial charge on any atom is 0.293 e. The topological polar surface area (TPSA) is 130 Å². The fourth-order valence-corrected chi connectivity index (χ4v) is 6.51. The van der Waals surface area contributed by atoms with E-state index in [2.05, 4.69) is 22.5 Å². The van der Waals surface area contributed by atoms with Gasteiger partial charge in [0, 0.05) is 54.4 Å². The lowest BCUT2D eigenvalue weighted by Gasteiger charge is -2.26. The number of aryl methyl sites for hydroxylation is 2. The summed E-state index contributed by atoms with van der Waals surface area (Å²) < 4.78 is 24.9. The molecule has 10 nitrogen and oxygen atoms in total. The van der Waals surface area contributed by atoms with E-state index in [1.54, 1.807) is 37.5 Å². The summed E-state index contributed by atoms with van der Waals surface area (Å²) in [6.07, 6.45) is 4.53. The zero-order valence-electron chi connectivity index (χ0n) is 25.7. The van der Waals surface area contributed by atoms with Crippen LogP contribution in [0.5, 0.6) is 0 Å². The summed E-state index contributed by atoms with van der Waals surface area (Å²) in [6.45, 7) is 4.37. The molecule has 3 aromatic carbocycles. The highest BCUT2D eigenvalue weighted by molar-refractivity contribution is 7.91. The second kappa shape index (κ2) is 13.5. The quantitative estimate of drug-likeness (QED) is 0.268. The van der Waals surface area contributed by atoms with Crippen LogP contribution in [0.1, 0.15) is 51.6 Å². The van der Waals surface area contributed by atoms with Gasteiger partial charge in [-0.15, -0.1) is 0 Å². The first-order valence-corrected chi connectivity index (χ1v) is 16.8. The van der Waals surface area contributed by atoms with Crippen molar-refractivity contribution < 1.29 is 18.0 Å². The van der Waals surface area contributed by atoms with Gasteiger partial charge >= 0.3 is 0 Å². The number of amides is 2. The second-order valence-electron chi connectivity index (χ2n) is 11.2. The SMILES string of the molecule is CCCCc1ccccc1C(=O)Nc1cccc(-c2cn(C)c(=O)c(Nc3ccc(C(=O)N4CCS(=O)(=O)CC4)cc3)n2)c1C. The van der Waals surface area contributed by atoms with E-state index < -0.39 is 9.84 Å². The van der Waals surface area contributed by atoms with Crippen molar-refractivity contribution in [3.05, 3.63) is 106 Å². The smallest absolute Gasteiger partial charge is 0.293 e. The lowest BCUT2D eigenvalue weighted by Crippen LogP contribution is -2.43. The average molecular weight is 628 g/mol. The lowest BCUT2D eigenvalue weighted by atomic mass is 10.0. The molecular weight excluding hydrogens is 590 g/mol. The van der Waals surface area contributed by atoms with Gasteiger partial charge in [0.25, 0.3) is 17.4 Å². The standard InChI is InChI=1S/C34H37N5O5S/c1-4-5-9-24-10-6-7-11-28(24)32(40)37-29-13-8-12-27(23(29)2)30-22-38(3)34(42)31(36-30)35-26-16-14-25(15-17-26)33(41)39-18-20-45(43,44)21-19-39/h6-8,10-17,22H,4-5,9,18-21H2,1-3H3,(H,35,36)(H,37,40). The summed E-state index contributed by atoms with van der Waals surface area (Å²) in [6, 6.07) is 19.9. The van der Waals surface area contributed by atoms with Gasteiger partial charge in [-0.2, -0.15) is 0 Å². The molecule has 4 aromatic rings. The maximum absolute atomic E-state index is 13.3. The van der Waals surface area contributed by atoms with Crippen molar-refractivity contribution in [3.63, 3.8) is 0 Å². The Morgan fingerprint density at radius 3 is 2.38 bits per heavy atom. The van der Waals surface area contributed by atoms with Crippen molar-refractivity contribution in [2.24, 2.45) is 7.05 Å². The Balaban J connectivity index is 1.35. The highest BCUT2D eigenvalue weighted by atomic mass is 32.2. The summed E-state index contributed by atoms with van der Waals surface area (Å²) in [7, 11) is -1.45. The van der Waals surface area contributed by atoms with E-state index in [1.165, 1.54) is 9.47 Å². The summed E-state index contributed by atoms with van der Waals surface area (Å²) in [5.41, 5.74) is 5.09. The Bertz CT molecular complexity index is 1890. The Hall–Kier alpha value is -4.77. The number of rotatable bonds is 9. The molecule has 0 aliphatic carbocycles. The van der Waals surface area contributed by atoms with Gasteiger partial charge in [0.2, 0.25) is 0 Å². The number of hydrogen-bond acceptors (Lipinski definition) is 7. The first-order valence-electron chi connectivity index (χ1n) is 15.0. The number of carbonyl (C=O) groups is 2. The van der Waals surface area contributed by atoms with E-state index in [1.807, 2.05) is 49.4 Å². The van der Waals surface area contributed by atoms with Gasteiger partial charge in [0.1, 0.15) is 0 Å². The number of nitrogens with one attached hydrogen (secondary N) is 2. The van der Waals surface area contributed by atoms with Crippen LogP contribution in [-0.4, -0.2) is 59.3 Å². The first-order chi connectivity index (χ1) is 21.6. The molecule has 0 bridgehead atoms. The molecular formula is C34H37N5O5S. The van der Waals surface area contributed by atoms with E-state index in [9.17, 15) is 22.8 Å². The van der Waals surface area contributed by atoms with Crippen LogP contribution in [0.2, 0.25) is 0 Å². The van der Waals surface area contributed by atoms with Crippen LogP contribution in [0.25, 0.3) is 11.3 Å². The van der Waals surface area contributed by atoms with Gasteiger partial charge in [-0.1, -0.05) is 43.7 Å². The van der Waals surface area contributed by atoms with Crippen LogP contribution < -0.4 is 16.2 Å². The Kier molecular flexibility index (Phi) is 9.48. The third kappa shape index (κ3) is 7.31.